The lowest BCUT2D eigenvalue weighted by Gasteiger charge is -2.35. The summed E-state index contributed by atoms with van der Waals surface area (Å²) >= 11 is 0. The van der Waals surface area contributed by atoms with Gasteiger partial charge in [0.2, 0.25) is 0 Å². The molecule has 1 N–H and O–H groups in total. The second-order valence-corrected chi connectivity index (χ2v) is 8.33. The van der Waals surface area contributed by atoms with Crippen LogP contribution in [0.2, 0.25) is 0 Å². The molecular formula is C16H19NO5S. The zero-order chi connectivity index (χ0) is 16.5. The number of hydrogen-bond donors (Lipinski definition) is 1. The molecule has 7 heteroatoms. The lowest BCUT2D eigenvalue weighted by atomic mass is 9.99. The minimum Gasteiger partial charge on any atom is -0.464 e. The summed E-state index contributed by atoms with van der Waals surface area (Å²) in [4.78, 5) is 12.3. The Hall–Kier alpha value is -1.86. The number of fused-ring (bicyclic) bond motifs is 1. The van der Waals surface area contributed by atoms with E-state index in [1.807, 2.05) is 6.07 Å². The van der Waals surface area contributed by atoms with Gasteiger partial charge in [0.05, 0.1) is 11.0 Å². The summed E-state index contributed by atoms with van der Waals surface area (Å²) in [5.41, 5.74) is 1.07. The molecule has 1 aliphatic heterocycles. The van der Waals surface area contributed by atoms with Crippen LogP contribution in [0.1, 0.15) is 23.2 Å². The standard InChI is InChI=1S/C16H19NO5S/c1-23(19,20)16(5-8-21-9-6-16)11-17-15(18)13-3-2-12-4-7-22-14(12)10-13/h2-4,7,10H,5-6,8-9,11H2,1H3,(H,17,18). The molecule has 0 bridgehead atoms. The molecule has 0 saturated carbocycles. The average Bonchev–Trinajstić information content (AvgIpc) is 3.00. The maximum Gasteiger partial charge on any atom is 0.251 e. The number of carbonyl (C=O) groups is 1. The SMILES string of the molecule is CS(=O)(=O)C1(CNC(=O)c2ccc3ccoc3c2)CCOCC1. The average molecular weight is 337 g/mol. The molecule has 124 valence electrons. The molecule has 1 fully saturated rings. The molecule has 1 amide bonds. The number of benzene rings is 1. The number of nitrogens with one attached hydrogen (secondary N) is 1. The minimum absolute atomic E-state index is 0.0875. The maximum absolute atomic E-state index is 12.3. The highest BCUT2D eigenvalue weighted by Crippen LogP contribution is 2.28. The van der Waals surface area contributed by atoms with E-state index in [9.17, 15) is 13.2 Å². The highest BCUT2D eigenvalue weighted by Gasteiger charge is 2.42. The van der Waals surface area contributed by atoms with Crippen molar-refractivity contribution >= 4 is 26.7 Å². The summed E-state index contributed by atoms with van der Waals surface area (Å²) < 4.78 is 33.9. The van der Waals surface area contributed by atoms with Crippen LogP contribution in [0.3, 0.4) is 0 Å². The summed E-state index contributed by atoms with van der Waals surface area (Å²) in [6, 6.07) is 6.97. The molecule has 0 radical (unpaired) electrons. The molecular weight excluding hydrogens is 318 g/mol. The van der Waals surface area contributed by atoms with E-state index < -0.39 is 14.6 Å². The van der Waals surface area contributed by atoms with Gasteiger partial charge in [0.15, 0.2) is 9.84 Å². The fourth-order valence-corrected chi connectivity index (χ4v) is 4.10. The van der Waals surface area contributed by atoms with Crippen molar-refractivity contribution in [1.29, 1.82) is 0 Å². The number of ether oxygens (including phenoxy) is 1. The van der Waals surface area contributed by atoms with Gasteiger partial charge in [0, 0.05) is 37.0 Å². The van der Waals surface area contributed by atoms with Crippen molar-refractivity contribution in [3.8, 4) is 0 Å². The first-order valence-corrected chi connectivity index (χ1v) is 9.33. The highest BCUT2D eigenvalue weighted by atomic mass is 32.2. The Bertz CT molecular complexity index is 818. The first-order chi connectivity index (χ1) is 10.9. The monoisotopic (exact) mass is 337 g/mol. The van der Waals surface area contributed by atoms with Crippen LogP contribution in [0.5, 0.6) is 0 Å². The highest BCUT2D eigenvalue weighted by molar-refractivity contribution is 7.92. The number of carbonyl (C=O) groups excluding carboxylic acids is 1. The lowest BCUT2D eigenvalue weighted by molar-refractivity contribution is 0.0718. The second kappa shape index (κ2) is 5.98. The Labute approximate surface area is 134 Å². The fraction of sp³-hybridized carbons (Fsp3) is 0.438. The van der Waals surface area contributed by atoms with Gasteiger partial charge in [-0.3, -0.25) is 4.79 Å². The van der Waals surface area contributed by atoms with E-state index in [0.717, 1.165) is 5.39 Å². The van der Waals surface area contributed by atoms with Gasteiger partial charge in [-0.2, -0.15) is 0 Å². The van der Waals surface area contributed by atoms with Crippen molar-refractivity contribution in [3.63, 3.8) is 0 Å². The molecule has 0 unspecified atom stereocenters. The molecule has 23 heavy (non-hydrogen) atoms. The molecule has 0 spiro atoms. The van der Waals surface area contributed by atoms with E-state index in [1.165, 1.54) is 6.26 Å². The molecule has 0 aliphatic carbocycles. The van der Waals surface area contributed by atoms with Gasteiger partial charge in [-0.05, 0) is 31.0 Å². The van der Waals surface area contributed by atoms with E-state index in [-0.39, 0.29) is 12.5 Å². The van der Waals surface area contributed by atoms with E-state index in [4.69, 9.17) is 9.15 Å². The summed E-state index contributed by atoms with van der Waals surface area (Å²) in [5.74, 6) is -0.308. The Morgan fingerprint density at radius 2 is 2.00 bits per heavy atom. The molecule has 2 aromatic rings. The first kappa shape index (κ1) is 16.0. The van der Waals surface area contributed by atoms with Crippen LogP contribution < -0.4 is 5.32 Å². The van der Waals surface area contributed by atoms with Crippen molar-refractivity contribution in [1.82, 2.24) is 5.32 Å². The second-order valence-electron chi connectivity index (χ2n) is 5.92. The van der Waals surface area contributed by atoms with Gasteiger partial charge in [-0.15, -0.1) is 0 Å². The van der Waals surface area contributed by atoms with Crippen LogP contribution in [0.15, 0.2) is 34.9 Å². The minimum atomic E-state index is -3.30. The van der Waals surface area contributed by atoms with Crippen molar-refractivity contribution < 1.29 is 22.4 Å². The predicted octanol–water partition coefficient (Wildman–Crippen LogP) is 1.76. The van der Waals surface area contributed by atoms with Crippen molar-refractivity contribution in [3.05, 3.63) is 36.1 Å². The van der Waals surface area contributed by atoms with E-state index >= 15 is 0 Å². The van der Waals surface area contributed by atoms with Gasteiger partial charge in [0.1, 0.15) is 5.58 Å². The maximum atomic E-state index is 12.3. The molecule has 6 nitrogen and oxygen atoms in total. The normalized spacial score (nSPS) is 18.0. The van der Waals surface area contributed by atoms with Crippen LogP contribution in [-0.4, -0.2) is 45.1 Å². The van der Waals surface area contributed by atoms with Crippen molar-refractivity contribution in [2.75, 3.05) is 26.0 Å². The third-order valence-corrected chi connectivity index (χ3v) is 6.61. The fourth-order valence-electron chi connectivity index (χ4n) is 2.86. The van der Waals surface area contributed by atoms with Gasteiger partial charge < -0.3 is 14.5 Å². The van der Waals surface area contributed by atoms with Gasteiger partial charge in [-0.1, -0.05) is 6.07 Å². The topological polar surface area (TPSA) is 85.6 Å². The molecule has 1 saturated heterocycles. The van der Waals surface area contributed by atoms with Gasteiger partial charge >= 0.3 is 0 Å². The number of furan rings is 1. The van der Waals surface area contributed by atoms with Crippen LogP contribution in [-0.2, 0) is 14.6 Å². The number of rotatable bonds is 4. The summed E-state index contributed by atoms with van der Waals surface area (Å²) in [6.45, 7) is 0.868. The van der Waals surface area contributed by atoms with Crippen LogP contribution in [0.25, 0.3) is 11.0 Å². The summed E-state index contributed by atoms with van der Waals surface area (Å²) in [5, 5.41) is 3.67. The lowest BCUT2D eigenvalue weighted by Crippen LogP contribution is -2.51. The smallest absolute Gasteiger partial charge is 0.251 e. The van der Waals surface area contributed by atoms with E-state index in [2.05, 4.69) is 5.32 Å². The Balaban J connectivity index is 1.76. The third-order valence-electron chi connectivity index (χ3n) is 4.48. The first-order valence-electron chi connectivity index (χ1n) is 7.44. The van der Waals surface area contributed by atoms with Crippen LogP contribution >= 0.6 is 0 Å². The summed E-state index contributed by atoms with van der Waals surface area (Å²) in [7, 11) is -3.30. The number of hydrogen-bond acceptors (Lipinski definition) is 5. The predicted molar refractivity (Wildman–Crippen MR) is 86.2 cm³/mol. The molecule has 0 atom stereocenters. The molecule has 1 aromatic heterocycles. The zero-order valence-corrected chi connectivity index (χ0v) is 13.7. The van der Waals surface area contributed by atoms with Crippen molar-refractivity contribution in [2.24, 2.45) is 0 Å². The van der Waals surface area contributed by atoms with Gasteiger partial charge in [-0.25, -0.2) is 8.42 Å². The molecule has 1 aliphatic rings. The van der Waals surface area contributed by atoms with Crippen LogP contribution in [0, 0.1) is 0 Å². The van der Waals surface area contributed by atoms with Gasteiger partial charge in [0.25, 0.3) is 5.91 Å². The Morgan fingerprint density at radius 1 is 1.26 bits per heavy atom. The molecule has 3 rings (SSSR count). The Morgan fingerprint density at radius 3 is 2.70 bits per heavy atom. The Kier molecular flexibility index (Phi) is 4.16. The van der Waals surface area contributed by atoms with E-state index in [0.29, 0.717) is 37.2 Å². The number of amides is 1. The van der Waals surface area contributed by atoms with E-state index in [1.54, 1.807) is 24.5 Å². The molecule has 1 aromatic carbocycles. The molecule has 2 heterocycles. The van der Waals surface area contributed by atoms with Crippen LogP contribution in [0.4, 0.5) is 0 Å². The van der Waals surface area contributed by atoms with Crippen molar-refractivity contribution in [2.45, 2.75) is 17.6 Å². The zero-order valence-electron chi connectivity index (χ0n) is 12.9. The third kappa shape index (κ3) is 3.11. The summed E-state index contributed by atoms with van der Waals surface area (Å²) in [6.07, 6.45) is 3.57. The number of sulfone groups is 1. The quantitative estimate of drug-likeness (QED) is 0.919. The largest absolute Gasteiger partial charge is 0.464 e.